The molecule has 7 heteroatoms. The van der Waals surface area contributed by atoms with E-state index in [0.29, 0.717) is 26.1 Å². The summed E-state index contributed by atoms with van der Waals surface area (Å²) in [6, 6.07) is -0.521. The Balaban J connectivity index is 2.10. The first-order valence-corrected chi connectivity index (χ1v) is 8.55. The fraction of sp³-hybridized carbons (Fsp3) is 0.917. The van der Waals surface area contributed by atoms with Gasteiger partial charge >= 0.3 is 0 Å². The van der Waals surface area contributed by atoms with Crippen LogP contribution in [0.4, 0.5) is 0 Å². The predicted octanol–water partition coefficient (Wildman–Crippen LogP) is 0.0462. The topological polar surface area (TPSA) is 66.9 Å². The molecule has 0 N–H and O–H groups in total. The number of carbonyl (C=O) groups is 1. The second kappa shape index (κ2) is 5.38. The van der Waals surface area contributed by atoms with Gasteiger partial charge in [-0.25, -0.2) is 8.42 Å². The smallest absolute Gasteiger partial charge is 0.241 e. The Bertz CT molecular complexity index is 441. The highest BCUT2D eigenvalue weighted by Crippen LogP contribution is 2.23. The largest absolute Gasteiger partial charge is 0.372 e. The normalized spacial score (nSPS) is 33.6. The van der Waals surface area contributed by atoms with E-state index in [0.717, 1.165) is 6.42 Å². The van der Waals surface area contributed by atoms with Crippen molar-refractivity contribution < 1.29 is 17.9 Å². The molecular formula is C12H22N2O4S. The van der Waals surface area contributed by atoms with E-state index >= 15 is 0 Å². The molecule has 0 aromatic carbocycles. The summed E-state index contributed by atoms with van der Waals surface area (Å²) >= 11 is 0. The Kier molecular flexibility index (Phi) is 4.17. The number of carbonyl (C=O) groups excluding carboxylic acids is 1. The van der Waals surface area contributed by atoms with Crippen molar-refractivity contribution in [3.8, 4) is 0 Å². The second-order valence-electron chi connectivity index (χ2n) is 5.53. The standard InChI is InChI=1S/C12H22N2O4S/c1-9-7-13(8-10(2)18-9)12(15)11-5-4-6-14(11)19(3,16)17/h9-11H,4-8H2,1-3H3/t9-,10+,11-/m1/s1. The van der Waals surface area contributed by atoms with Crippen LogP contribution in [0.25, 0.3) is 0 Å². The molecule has 2 saturated heterocycles. The Hall–Kier alpha value is -0.660. The van der Waals surface area contributed by atoms with Crippen molar-refractivity contribution >= 4 is 15.9 Å². The molecule has 0 bridgehead atoms. The molecule has 0 aromatic heterocycles. The maximum atomic E-state index is 12.5. The fourth-order valence-corrected chi connectivity index (χ4v) is 4.07. The van der Waals surface area contributed by atoms with Crippen molar-refractivity contribution in [1.82, 2.24) is 9.21 Å². The van der Waals surface area contributed by atoms with E-state index in [-0.39, 0.29) is 18.1 Å². The van der Waals surface area contributed by atoms with Crippen LogP contribution in [-0.2, 0) is 19.6 Å². The lowest BCUT2D eigenvalue weighted by Crippen LogP contribution is -2.54. The Morgan fingerprint density at radius 3 is 2.32 bits per heavy atom. The molecule has 1 amide bonds. The highest BCUT2D eigenvalue weighted by Gasteiger charge is 2.40. The first kappa shape index (κ1) is 14.7. The summed E-state index contributed by atoms with van der Waals surface area (Å²) in [4.78, 5) is 14.3. The molecule has 19 heavy (non-hydrogen) atoms. The van der Waals surface area contributed by atoms with Crippen LogP contribution < -0.4 is 0 Å². The highest BCUT2D eigenvalue weighted by molar-refractivity contribution is 7.88. The van der Waals surface area contributed by atoms with Gasteiger partial charge in [-0.3, -0.25) is 4.79 Å². The average Bonchev–Trinajstić information content (AvgIpc) is 2.74. The minimum Gasteiger partial charge on any atom is -0.372 e. The predicted molar refractivity (Wildman–Crippen MR) is 71.2 cm³/mol. The van der Waals surface area contributed by atoms with Crippen LogP contribution in [0.1, 0.15) is 26.7 Å². The molecule has 110 valence electrons. The first-order chi connectivity index (χ1) is 8.79. The summed E-state index contributed by atoms with van der Waals surface area (Å²) in [5, 5.41) is 0. The molecule has 6 nitrogen and oxygen atoms in total. The van der Waals surface area contributed by atoms with Gasteiger partial charge in [0.05, 0.1) is 18.5 Å². The lowest BCUT2D eigenvalue weighted by atomic mass is 10.1. The molecule has 0 unspecified atom stereocenters. The summed E-state index contributed by atoms with van der Waals surface area (Å²) in [5.41, 5.74) is 0. The summed E-state index contributed by atoms with van der Waals surface area (Å²) in [6.07, 6.45) is 2.54. The van der Waals surface area contributed by atoms with Crippen LogP contribution in [0.2, 0.25) is 0 Å². The lowest BCUT2D eigenvalue weighted by molar-refractivity contribution is -0.146. The van der Waals surface area contributed by atoms with Gasteiger partial charge in [-0.2, -0.15) is 4.31 Å². The van der Waals surface area contributed by atoms with Crippen LogP contribution in [0.3, 0.4) is 0 Å². The Morgan fingerprint density at radius 1 is 1.21 bits per heavy atom. The van der Waals surface area contributed by atoms with Crippen LogP contribution in [0, 0.1) is 0 Å². The summed E-state index contributed by atoms with van der Waals surface area (Å²) in [7, 11) is -3.31. The van der Waals surface area contributed by atoms with E-state index in [1.165, 1.54) is 10.6 Å². The van der Waals surface area contributed by atoms with Gasteiger partial charge in [0.2, 0.25) is 15.9 Å². The minimum atomic E-state index is -3.31. The molecule has 0 aromatic rings. The van der Waals surface area contributed by atoms with E-state index in [1.807, 2.05) is 13.8 Å². The van der Waals surface area contributed by atoms with Gasteiger partial charge in [0.1, 0.15) is 6.04 Å². The second-order valence-corrected chi connectivity index (χ2v) is 7.47. The highest BCUT2D eigenvalue weighted by atomic mass is 32.2. The number of amides is 1. The molecule has 2 rings (SSSR count). The van der Waals surface area contributed by atoms with Gasteiger partial charge in [0.15, 0.2) is 0 Å². The third-order valence-electron chi connectivity index (χ3n) is 3.65. The number of morpholine rings is 1. The third-order valence-corrected chi connectivity index (χ3v) is 4.94. The van der Waals surface area contributed by atoms with E-state index in [4.69, 9.17) is 4.74 Å². The molecule has 2 fully saturated rings. The third kappa shape index (κ3) is 3.27. The van der Waals surface area contributed by atoms with Crippen molar-refractivity contribution in [1.29, 1.82) is 0 Å². The molecule has 2 heterocycles. The van der Waals surface area contributed by atoms with E-state index in [2.05, 4.69) is 0 Å². The molecule has 0 spiro atoms. The minimum absolute atomic E-state index is 0.000728. The molecule has 0 saturated carbocycles. The number of nitrogens with zero attached hydrogens (tertiary/aromatic N) is 2. The number of ether oxygens (including phenoxy) is 1. The maximum Gasteiger partial charge on any atom is 0.241 e. The lowest BCUT2D eigenvalue weighted by Gasteiger charge is -2.37. The SMILES string of the molecule is C[C@@H]1CN(C(=O)[C@H]2CCCN2S(C)(=O)=O)C[C@H](C)O1. The summed E-state index contributed by atoms with van der Waals surface area (Å²) < 4.78 is 30.3. The van der Waals surface area contributed by atoms with Gasteiger partial charge in [0.25, 0.3) is 0 Å². The zero-order chi connectivity index (χ0) is 14.2. The monoisotopic (exact) mass is 290 g/mol. The number of rotatable bonds is 2. The van der Waals surface area contributed by atoms with Crippen molar-refractivity contribution in [3.05, 3.63) is 0 Å². The van der Waals surface area contributed by atoms with Crippen LogP contribution in [-0.4, -0.2) is 67.7 Å². The van der Waals surface area contributed by atoms with Crippen LogP contribution in [0.15, 0.2) is 0 Å². The molecule has 0 aliphatic carbocycles. The van der Waals surface area contributed by atoms with Gasteiger partial charge in [0, 0.05) is 19.6 Å². The van der Waals surface area contributed by atoms with Gasteiger partial charge in [-0.15, -0.1) is 0 Å². The van der Waals surface area contributed by atoms with E-state index in [1.54, 1.807) is 4.90 Å². The zero-order valence-corrected chi connectivity index (χ0v) is 12.5. The van der Waals surface area contributed by atoms with E-state index < -0.39 is 16.1 Å². The van der Waals surface area contributed by atoms with Crippen LogP contribution in [0.5, 0.6) is 0 Å². The van der Waals surface area contributed by atoms with Crippen molar-refractivity contribution in [2.24, 2.45) is 0 Å². The zero-order valence-electron chi connectivity index (χ0n) is 11.7. The molecule has 2 aliphatic rings. The molecular weight excluding hydrogens is 268 g/mol. The van der Waals surface area contributed by atoms with Crippen LogP contribution >= 0.6 is 0 Å². The van der Waals surface area contributed by atoms with E-state index in [9.17, 15) is 13.2 Å². The Morgan fingerprint density at radius 2 is 1.79 bits per heavy atom. The van der Waals surface area contributed by atoms with Crippen molar-refractivity contribution in [3.63, 3.8) is 0 Å². The van der Waals surface area contributed by atoms with Crippen molar-refractivity contribution in [2.45, 2.75) is 44.9 Å². The Labute approximate surface area is 114 Å². The average molecular weight is 290 g/mol. The van der Waals surface area contributed by atoms with Gasteiger partial charge in [-0.1, -0.05) is 0 Å². The summed E-state index contributed by atoms with van der Waals surface area (Å²) in [6.45, 7) is 5.39. The number of sulfonamides is 1. The maximum absolute atomic E-state index is 12.5. The quantitative estimate of drug-likeness (QED) is 0.720. The molecule has 2 aliphatic heterocycles. The van der Waals surface area contributed by atoms with Gasteiger partial charge in [-0.05, 0) is 26.7 Å². The van der Waals surface area contributed by atoms with Crippen molar-refractivity contribution in [2.75, 3.05) is 25.9 Å². The molecule has 0 radical (unpaired) electrons. The number of hydrogen-bond acceptors (Lipinski definition) is 4. The molecule has 3 atom stereocenters. The first-order valence-electron chi connectivity index (χ1n) is 6.70. The summed E-state index contributed by atoms with van der Waals surface area (Å²) in [5.74, 6) is -0.0788. The fourth-order valence-electron chi connectivity index (χ4n) is 2.95. The van der Waals surface area contributed by atoms with Gasteiger partial charge < -0.3 is 9.64 Å². The number of hydrogen-bond donors (Lipinski definition) is 0.